The molecule has 0 radical (unpaired) electrons. The lowest BCUT2D eigenvalue weighted by Gasteiger charge is -2.46. The number of hydrogen-bond donors (Lipinski definition) is 1. The van der Waals surface area contributed by atoms with Crippen LogP contribution < -0.4 is 0 Å². The Labute approximate surface area is 256 Å². The van der Waals surface area contributed by atoms with E-state index in [1.807, 2.05) is 27.7 Å². The summed E-state index contributed by atoms with van der Waals surface area (Å²) in [6, 6.07) is 0. The van der Waals surface area contributed by atoms with Gasteiger partial charge in [0.1, 0.15) is 23.1 Å². The predicted octanol–water partition coefficient (Wildman–Crippen LogP) is 6.76. The molecule has 7 nitrogen and oxygen atoms in total. The van der Waals surface area contributed by atoms with E-state index in [0.29, 0.717) is 11.1 Å². The molecule has 1 fully saturated rings. The summed E-state index contributed by atoms with van der Waals surface area (Å²) >= 11 is 0. The van der Waals surface area contributed by atoms with Gasteiger partial charge in [-0.1, -0.05) is 55.4 Å². The molecular weight excluding hydrogens is 544 g/mol. The largest absolute Gasteiger partial charge is 0.511 e. The van der Waals surface area contributed by atoms with E-state index < -0.39 is 51.2 Å². The summed E-state index contributed by atoms with van der Waals surface area (Å²) in [6.07, 6.45) is 0. The van der Waals surface area contributed by atoms with Crippen molar-refractivity contribution in [2.45, 2.75) is 96.9 Å². The summed E-state index contributed by atoms with van der Waals surface area (Å²) in [4.78, 5) is 69.6. The van der Waals surface area contributed by atoms with Crippen LogP contribution in [0.15, 0.2) is 34.0 Å². The van der Waals surface area contributed by atoms with Crippen molar-refractivity contribution in [3.8, 4) is 0 Å². The number of aliphatic hydroxyl groups excluding tert-OH is 1. The Morgan fingerprint density at radius 3 is 1.70 bits per heavy atom. The summed E-state index contributed by atoms with van der Waals surface area (Å²) in [5.41, 5.74) is -3.68. The van der Waals surface area contributed by atoms with E-state index in [-0.39, 0.29) is 63.6 Å². The minimum absolute atomic E-state index is 0.0796. The van der Waals surface area contributed by atoms with Gasteiger partial charge in [-0.25, -0.2) is 0 Å². The van der Waals surface area contributed by atoms with Crippen LogP contribution in [0, 0.1) is 63.1 Å². The molecule has 7 heteroatoms. The molecule has 3 aliphatic carbocycles. The van der Waals surface area contributed by atoms with Crippen LogP contribution in [0.5, 0.6) is 0 Å². The van der Waals surface area contributed by atoms with Crippen molar-refractivity contribution in [2.24, 2.45) is 63.1 Å². The first-order valence-electron chi connectivity index (χ1n) is 15.7. The van der Waals surface area contributed by atoms with Gasteiger partial charge in [0.25, 0.3) is 0 Å². The van der Waals surface area contributed by atoms with Crippen molar-refractivity contribution < 1.29 is 33.8 Å². The first-order valence-corrected chi connectivity index (χ1v) is 15.7. The second-order valence-electron chi connectivity index (χ2n) is 16.4. The van der Waals surface area contributed by atoms with Gasteiger partial charge < -0.3 is 9.84 Å². The van der Waals surface area contributed by atoms with E-state index in [4.69, 9.17) is 4.74 Å². The quantitative estimate of drug-likeness (QED) is 0.338. The topological polar surface area (TPSA) is 115 Å². The Hall–Kier alpha value is -2.83. The van der Waals surface area contributed by atoms with Crippen molar-refractivity contribution in [3.63, 3.8) is 0 Å². The minimum atomic E-state index is -1.29. The molecule has 4 unspecified atom stereocenters. The van der Waals surface area contributed by atoms with Crippen molar-refractivity contribution in [1.82, 2.24) is 0 Å². The van der Waals surface area contributed by atoms with Crippen LogP contribution in [0.1, 0.15) is 96.9 Å². The molecule has 1 heterocycles. The number of aliphatic hydroxyl groups is 1. The molecule has 0 amide bonds. The van der Waals surface area contributed by atoms with E-state index in [9.17, 15) is 29.1 Å². The number of hydrogen-bond acceptors (Lipinski definition) is 7. The van der Waals surface area contributed by atoms with Gasteiger partial charge >= 0.3 is 0 Å². The smallest absolute Gasteiger partial charge is 0.175 e. The highest BCUT2D eigenvalue weighted by Crippen LogP contribution is 2.61. The van der Waals surface area contributed by atoms with Gasteiger partial charge in [-0.15, -0.1) is 0 Å². The van der Waals surface area contributed by atoms with Crippen LogP contribution >= 0.6 is 0 Å². The van der Waals surface area contributed by atoms with Crippen LogP contribution in [0.2, 0.25) is 0 Å². The Morgan fingerprint density at radius 2 is 1.28 bits per heavy atom. The lowest BCUT2D eigenvalue weighted by Crippen LogP contribution is -2.52. The van der Waals surface area contributed by atoms with E-state index in [0.717, 1.165) is 0 Å². The number of allylic oxidation sites excluding steroid dienone is 4. The van der Waals surface area contributed by atoms with Crippen molar-refractivity contribution >= 4 is 28.9 Å². The molecule has 0 spiro atoms. The number of fused-ring (bicyclic) bond motifs is 1. The fraction of sp³-hybridized carbons (Fsp3) is 0.694. The van der Waals surface area contributed by atoms with Crippen molar-refractivity contribution in [3.05, 3.63) is 34.0 Å². The Kier molecular flexibility index (Phi) is 7.56. The molecule has 4 aliphatic rings. The zero-order valence-corrected chi connectivity index (χ0v) is 28.4. The Morgan fingerprint density at radius 1 is 0.744 bits per heavy atom. The molecule has 43 heavy (non-hydrogen) atoms. The molecule has 0 aromatic carbocycles. The molecule has 0 aromatic heterocycles. The van der Waals surface area contributed by atoms with Gasteiger partial charge in [-0.2, -0.15) is 0 Å². The number of ether oxygens (including phenoxy) is 1. The molecule has 236 valence electrons. The summed E-state index contributed by atoms with van der Waals surface area (Å²) < 4.78 is 6.59. The Bertz CT molecular complexity index is 1440. The van der Waals surface area contributed by atoms with E-state index >= 15 is 0 Å². The molecule has 4 atom stereocenters. The molecular formula is C36H50O7. The summed E-state index contributed by atoms with van der Waals surface area (Å²) in [5, 5.41) is 12.3. The first kappa shape index (κ1) is 33.1. The average molecular weight is 595 g/mol. The number of carbonyl (C=O) groups excluding carboxylic acids is 5. The number of carbonyl (C=O) groups is 5. The third kappa shape index (κ3) is 4.23. The lowest BCUT2D eigenvalue weighted by molar-refractivity contribution is -0.145. The zero-order valence-electron chi connectivity index (χ0n) is 28.4. The lowest BCUT2D eigenvalue weighted by atomic mass is 9.59. The highest BCUT2D eigenvalue weighted by atomic mass is 16.5. The van der Waals surface area contributed by atoms with E-state index in [1.165, 1.54) is 0 Å². The highest BCUT2D eigenvalue weighted by Gasteiger charge is 2.65. The minimum Gasteiger partial charge on any atom is -0.511 e. The average Bonchev–Trinajstić information content (AvgIpc) is 3.23. The van der Waals surface area contributed by atoms with Gasteiger partial charge in [0.15, 0.2) is 23.1 Å². The number of rotatable bonds is 6. The van der Waals surface area contributed by atoms with Crippen LogP contribution in [0.25, 0.3) is 0 Å². The summed E-state index contributed by atoms with van der Waals surface area (Å²) in [6.45, 7) is 25.0. The number of Topliss-reactive ketones (excluding diaryl/α,β-unsaturated/α-hetero) is 5. The van der Waals surface area contributed by atoms with Gasteiger partial charge in [-0.05, 0) is 59.3 Å². The summed E-state index contributed by atoms with van der Waals surface area (Å²) in [5.74, 6) is -4.64. The molecule has 1 N–H and O–H groups in total. The molecule has 0 saturated heterocycles. The van der Waals surface area contributed by atoms with Gasteiger partial charge in [0, 0.05) is 39.9 Å². The van der Waals surface area contributed by atoms with Gasteiger partial charge in [0.2, 0.25) is 0 Å². The second kappa shape index (κ2) is 9.84. The van der Waals surface area contributed by atoms with Crippen LogP contribution in [0.4, 0.5) is 0 Å². The number of ketones is 5. The normalized spacial score (nSPS) is 30.0. The third-order valence-corrected chi connectivity index (χ3v) is 10.8. The van der Waals surface area contributed by atoms with Crippen molar-refractivity contribution in [1.29, 1.82) is 0 Å². The fourth-order valence-corrected chi connectivity index (χ4v) is 8.60. The highest BCUT2D eigenvalue weighted by molar-refractivity contribution is 6.20. The summed E-state index contributed by atoms with van der Waals surface area (Å²) in [7, 11) is 0. The predicted molar refractivity (Wildman–Crippen MR) is 163 cm³/mol. The third-order valence-electron chi connectivity index (χ3n) is 10.8. The van der Waals surface area contributed by atoms with Crippen LogP contribution in [0.3, 0.4) is 0 Å². The Balaban J connectivity index is 2.09. The zero-order chi connectivity index (χ0) is 33.1. The van der Waals surface area contributed by atoms with Gasteiger partial charge in [-0.3, -0.25) is 24.0 Å². The van der Waals surface area contributed by atoms with Gasteiger partial charge in [0.05, 0.1) is 22.2 Å². The molecule has 4 rings (SSSR count). The SMILES string of the molecule is CC(C)C(=O)C1=C2OC3=C(C(=O)C(C)(C)C(=O)C3(C)C)C(C(C)C)C2=C(O)C1C(C(C)C)C1C(=O)C(C)(C)C(=O)C1(C)C. The maximum absolute atomic E-state index is 14.2. The molecule has 1 saturated carbocycles. The second-order valence-corrected chi connectivity index (χ2v) is 16.4. The maximum Gasteiger partial charge on any atom is 0.175 e. The molecule has 0 aromatic rings. The van der Waals surface area contributed by atoms with Crippen molar-refractivity contribution in [2.75, 3.05) is 0 Å². The molecule has 0 bridgehead atoms. The van der Waals surface area contributed by atoms with Crippen LogP contribution in [-0.4, -0.2) is 34.0 Å². The maximum atomic E-state index is 14.2. The molecule has 1 aliphatic heterocycles. The van der Waals surface area contributed by atoms with E-state index in [2.05, 4.69) is 0 Å². The standard InChI is InChI=1S/C36H50O7/c1-15(2)18-21-26(38)20(19(16(3)4)24-29(40)35(11,12)31(41)33(24,7)8)22(25(37)17(5)6)27(21)43-30-23(18)28(39)34(9,10)32(42)36(30,13)14/h15-20,24,38H,1-14H3. The first-order chi connectivity index (χ1) is 19.4. The fourth-order valence-electron chi connectivity index (χ4n) is 8.60. The van der Waals surface area contributed by atoms with Crippen LogP contribution in [-0.2, 0) is 28.7 Å². The monoisotopic (exact) mass is 594 g/mol. The van der Waals surface area contributed by atoms with E-state index in [1.54, 1.807) is 69.2 Å².